The number of rotatable bonds is 3. The molecule has 3 nitrogen and oxygen atoms in total. The van der Waals surface area contributed by atoms with E-state index < -0.39 is 5.97 Å². The molecule has 0 fully saturated rings. The van der Waals surface area contributed by atoms with E-state index >= 15 is 0 Å². The quantitative estimate of drug-likeness (QED) is 0.913. The van der Waals surface area contributed by atoms with Gasteiger partial charge in [0, 0.05) is 11.1 Å². The summed E-state index contributed by atoms with van der Waals surface area (Å²) in [5, 5.41) is 9.43. The first-order chi connectivity index (χ1) is 8.97. The van der Waals surface area contributed by atoms with E-state index in [4.69, 9.17) is 21.4 Å². The van der Waals surface area contributed by atoms with E-state index in [1.54, 1.807) is 6.92 Å². The third kappa shape index (κ3) is 3.03. The number of aromatic carboxylic acids is 1. The smallest absolute Gasteiger partial charge is 0.339 e. The second kappa shape index (κ2) is 5.28. The van der Waals surface area contributed by atoms with Crippen LogP contribution in [-0.2, 0) is 0 Å². The number of hydrogen-bond donors (Lipinski definition) is 1. The van der Waals surface area contributed by atoms with Crippen LogP contribution < -0.4 is 4.74 Å². The zero-order valence-corrected chi connectivity index (χ0v) is 10.7. The second-order valence-corrected chi connectivity index (χ2v) is 4.39. The van der Waals surface area contributed by atoms with Crippen LogP contribution in [0.25, 0.3) is 0 Å². The van der Waals surface area contributed by atoms with E-state index in [2.05, 4.69) is 0 Å². The van der Waals surface area contributed by atoms with Gasteiger partial charge in [-0.15, -0.1) is 0 Å². The van der Waals surface area contributed by atoms with Crippen LogP contribution in [0.5, 0.6) is 11.5 Å². The predicted octanol–water partition coefficient (Wildman–Crippen LogP) is 4.28. The monoisotopic (exact) mass is 280 g/mol. The molecule has 0 aliphatic rings. The van der Waals surface area contributed by atoms with Gasteiger partial charge in [0.25, 0.3) is 0 Å². The molecular weight excluding hydrogens is 271 g/mol. The summed E-state index contributed by atoms with van der Waals surface area (Å²) < 4.78 is 18.5. The fourth-order valence-corrected chi connectivity index (χ4v) is 1.77. The van der Waals surface area contributed by atoms with Crippen molar-refractivity contribution in [2.75, 3.05) is 0 Å². The number of benzene rings is 2. The average Bonchev–Trinajstić information content (AvgIpc) is 2.32. The Balaban J connectivity index is 2.42. The van der Waals surface area contributed by atoms with Gasteiger partial charge in [-0.1, -0.05) is 11.6 Å². The Hall–Kier alpha value is -2.07. The van der Waals surface area contributed by atoms with Crippen LogP contribution in [0, 0.1) is 12.7 Å². The molecule has 0 bridgehead atoms. The molecule has 5 heteroatoms. The molecule has 0 saturated carbocycles. The maximum atomic E-state index is 13.0. The molecule has 2 aromatic carbocycles. The minimum atomic E-state index is -1.12. The topological polar surface area (TPSA) is 46.5 Å². The fraction of sp³-hybridized carbons (Fsp3) is 0.0714. The van der Waals surface area contributed by atoms with Crippen molar-refractivity contribution in [1.82, 2.24) is 0 Å². The molecule has 1 N–H and O–H groups in total. The number of carboxylic acids is 1. The highest BCUT2D eigenvalue weighted by atomic mass is 35.5. The second-order valence-electron chi connectivity index (χ2n) is 3.96. The third-order valence-corrected chi connectivity index (χ3v) is 2.77. The van der Waals surface area contributed by atoms with Gasteiger partial charge in [-0.3, -0.25) is 0 Å². The van der Waals surface area contributed by atoms with Gasteiger partial charge in [-0.2, -0.15) is 0 Å². The average molecular weight is 281 g/mol. The summed E-state index contributed by atoms with van der Waals surface area (Å²) >= 11 is 5.82. The van der Waals surface area contributed by atoms with Crippen molar-refractivity contribution in [2.24, 2.45) is 0 Å². The molecule has 0 unspecified atom stereocenters. The lowest BCUT2D eigenvalue weighted by Gasteiger charge is -2.11. The zero-order valence-electron chi connectivity index (χ0n) is 9.98. The highest BCUT2D eigenvalue weighted by molar-refractivity contribution is 6.30. The van der Waals surface area contributed by atoms with Gasteiger partial charge >= 0.3 is 5.97 Å². The Kier molecular flexibility index (Phi) is 3.71. The SMILES string of the molecule is Cc1cc(F)ccc1Oc1cc(Cl)ccc1C(=O)O. The van der Waals surface area contributed by atoms with Gasteiger partial charge in [-0.05, 0) is 42.8 Å². The van der Waals surface area contributed by atoms with Gasteiger partial charge in [-0.25, -0.2) is 9.18 Å². The van der Waals surface area contributed by atoms with Gasteiger partial charge in [0.05, 0.1) is 0 Å². The molecule has 0 aromatic heterocycles. The Morgan fingerprint density at radius 3 is 2.58 bits per heavy atom. The van der Waals surface area contributed by atoms with Crippen molar-refractivity contribution in [3.63, 3.8) is 0 Å². The summed E-state index contributed by atoms with van der Waals surface area (Å²) in [4.78, 5) is 11.1. The molecule has 98 valence electrons. The lowest BCUT2D eigenvalue weighted by Crippen LogP contribution is -2.00. The fourth-order valence-electron chi connectivity index (χ4n) is 1.60. The highest BCUT2D eigenvalue weighted by Gasteiger charge is 2.13. The molecule has 2 rings (SSSR count). The molecule has 0 aliphatic carbocycles. The van der Waals surface area contributed by atoms with E-state index in [0.29, 0.717) is 16.3 Å². The lowest BCUT2D eigenvalue weighted by atomic mass is 10.2. The number of halogens is 2. The number of carboxylic acid groups (broad SMARTS) is 1. The van der Waals surface area contributed by atoms with Crippen molar-refractivity contribution in [2.45, 2.75) is 6.92 Å². The lowest BCUT2D eigenvalue weighted by molar-refractivity contribution is 0.0694. The van der Waals surface area contributed by atoms with Crippen molar-refractivity contribution in [1.29, 1.82) is 0 Å². The first-order valence-corrected chi connectivity index (χ1v) is 5.82. The summed E-state index contributed by atoms with van der Waals surface area (Å²) in [5.41, 5.74) is 0.560. The van der Waals surface area contributed by atoms with Gasteiger partial charge in [0.15, 0.2) is 0 Å². The van der Waals surface area contributed by atoms with Gasteiger partial charge in [0.1, 0.15) is 22.9 Å². The van der Waals surface area contributed by atoms with Crippen LogP contribution in [0.4, 0.5) is 4.39 Å². The number of aryl methyl sites for hydroxylation is 1. The molecular formula is C14H10ClFO3. The van der Waals surface area contributed by atoms with Crippen LogP contribution in [0.1, 0.15) is 15.9 Å². The van der Waals surface area contributed by atoms with E-state index in [1.807, 2.05) is 0 Å². The first kappa shape index (κ1) is 13.4. The Bertz CT molecular complexity index is 641. The van der Waals surface area contributed by atoms with Crippen molar-refractivity contribution < 1.29 is 19.0 Å². The zero-order chi connectivity index (χ0) is 14.0. The van der Waals surface area contributed by atoms with Crippen LogP contribution in [-0.4, -0.2) is 11.1 Å². The van der Waals surface area contributed by atoms with Gasteiger partial charge in [0.2, 0.25) is 0 Å². The van der Waals surface area contributed by atoms with Crippen LogP contribution in [0.3, 0.4) is 0 Å². The summed E-state index contributed by atoms with van der Waals surface area (Å²) in [6, 6.07) is 8.23. The summed E-state index contributed by atoms with van der Waals surface area (Å²) in [7, 11) is 0. The molecule has 0 aliphatic heterocycles. The summed E-state index contributed by atoms with van der Waals surface area (Å²) in [6.45, 7) is 1.67. The first-order valence-electron chi connectivity index (χ1n) is 5.44. The number of hydrogen-bond acceptors (Lipinski definition) is 2. The number of carbonyl (C=O) groups is 1. The molecule has 0 spiro atoms. The largest absolute Gasteiger partial charge is 0.478 e. The van der Waals surface area contributed by atoms with E-state index in [1.165, 1.54) is 36.4 Å². The summed E-state index contributed by atoms with van der Waals surface area (Å²) in [5.74, 6) is -0.998. The van der Waals surface area contributed by atoms with Gasteiger partial charge < -0.3 is 9.84 Å². The maximum absolute atomic E-state index is 13.0. The molecule has 19 heavy (non-hydrogen) atoms. The van der Waals surface area contributed by atoms with E-state index in [9.17, 15) is 9.18 Å². The molecule has 2 aromatic rings. The third-order valence-electron chi connectivity index (χ3n) is 2.53. The minimum absolute atomic E-state index is 0.00637. The van der Waals surface area contributed by atoms with Crippen LogP contribution >= 0.6 is 11.6 Å². The maximum Gasteiger partial charge on any atom is 0.339 e. The van der Waals surface area contributed by atoms with Crippen molar-refractivity contribution >= 4 is 17.6 Å². The van der Waals surface area contributed by atoms with Crippen LogP contribution in [0.2, 0.25) is 5.02 Å². The molecule has 0 amide bonds. The van der Waals surface area contributed by atoms with E-state index in [0.717, 1.165) is 0 Å². The van der Waals surface area contributed by atoms with Crippen molar-refractivity contribution in [3.8, 4) is 11.5 Å². The number of ether oxygens (including phenoxy) is 1. The molecule has 0 saturated heterocycles. The van der Waals surface area contributed by atoms with Crippen molar-refractivity contribution in [3.05, 3.63) is 58.4 Å². The normalized spacial score (nSPS) is 10.3. The predicted molar refractivity (Wildman–Crippen MR) is 69.6 cm³/mol. The Morgan fingerprint density at radius 2 is 1.95 bits per heavy atom. The molecule has 0 atom stereocenters. The van der Waals surface area contributed by atoms with E-state index in [-0.39, 0.29) is 17.1 Å². The molecule has 0 radical (unpaired) electrons. The summed E-state index contributed by atoms with van der Waals surface area (Å²) in [6.07, 6.45) is 0. The van der Waals surface area contributed by atoms with Crippen LogP contribution in [0.15, 0.2) is 36.4 Å². The standard InChI is InChI=1S/C14H10ClFO3/c1-8-6-10(16)3-5-12(8)19-13-7-9(15)2-4-11(13)14(17)18/h2-7H,1H3,(H,17,18). The Morgan fingerprint density at radius 1 is 1.21 bits per heavy atom. The Labute approximate surface area is 114 Å². The highest BCUT2D eigenvalue weighted by Crippen LogP contribution is 2.30. The minimum Gasteiger partial charge on any atom is -0.478 e. The molecule has 0 heterocycles.